The molecule has 0 bridgehead atoms. The number of aliphatic imine (C=N–C) groups is 1. The number of aromatic amines is 1. The Hall–Kier alpha value is -4.38. The van der Waals surface area contributed by atoms with E-state index < -0.39 is 24.0 Å². The lowest BCUT2D eigenvalue weighted by molar-refractivity contribution is -0.139. The number of nitrogens with zero attached hydrogens (tertiary/aromatic N) is 5. The molecule has 3 heterocycles. The Kier molecular flexibility index (Phi) is 8.49. The van der Waals surface area contributed by atoms with Gasteiger partial charge >= 0.3 is 5.97 Å². The Bertz CT molecular complexity index is 1630. The normalized spacial score (nSPS) is 17.5. The summed E-state index contributed by atoms with van der Waals surface area (Å²) in [5.41, 5.74) is 2.52. The van der Waals surface area contributed by atoms with E-state index in [2.05, 4.69) is 25.8 Å². The van der Waals surface area contributed by atoms with Crippen LogP contribution in [0, 0.1) is 11.5 Å². The molecule has 15 heteroatoms. The standard InChI is InChI=1S/C27H26Cl2N8O5/c28-19-7-16-11-36(25(40)14-1-2-15-9-33-35-20(15)8-14)6-4-18(16)23(29)22(19)24(39)34-21(26(41)42)10-31-27(32-13-30)37-5-3-17(38)12-37/h1-2,7-9,17,21,38H,3-6,10-12H2,(H,31,32)(H,33,35)(H,34,39)(H,41,42)/t17-,21+/m1/s1. The molecule has 0 unspecified atom stereocenters. The van der Waals surface area contributed by atoms with Crippen LogP contribution in [0.5, 0.6) is 0 Å². The van der Waals surface area contributed by atoms with E-state index in [0.29, 0.717) is 42.6 Å². The van der Waals surface area contributed by atoms with Gasteiger partial charge in [-0.1, -0.05) is 29.3 Å². The molecule has 42 heavy (non-hydrogen) atoms. The van der Waals surface area contributed by atoms with E-state index in [9.17, 15) is 24.6 Å². The van der Waals surface area contributed by atoms with Crippen LogP contribution in [0.4, 0.5) is 0 Å². The largest absolute Gasteiger partial charge is 0.480 e. The van der Waals surface area contributed by atoms with Crippen molar-refractivity contribution >= 4 is 57.8 Å². The number of β-amino-alcohol motifs (C(OH)–C–C–N with tert-alkyl or cyclic N) is 1. The van der Waals surface area contributed by atoms with Gasteiger partial charge < -0.3 is 30.6 Å². The van der Waals surface area contributed by atoms with E-state index >= 15 is 0 Å². The summed E-state index contributed by atoms with van der Waals surface area (Å²) in [5.74, 6) is -2.20. The molecule has 0 aliphatic carbocycles. The maximum absolute atomic E-state index is 13.2. The lowest BCUT2D eigenvalue weighted by Gasteiger charge is -2.30. The molecule has 5 N–H and O–H groups in total. The average Bonchev–Trinajstić information content (AvgIpc) is 3.62. The van der Waals surface area contributed by atoms with E-state index in [4.69, 9.17) is 28.5 Å². The molecule has 2 aromatic carbocycles. The number of benzene rings is 2. The van der Waals surface area contributed by atoms with Crippen molar-refractivity contribution in [3.05, 3.63) is 62.8 Å². The maximum atomic E-state index is 13.2. The minimum atomic E-state index is -1.42. The van der Waals surface area contributed by atoms with Crippen LogP contribution in [0.15, 0.2) is 35.5 Å². The zero-order chi connectivity index (χ0) is 30.0. The Morgan fingerprint density at radius 2 is 2.05 bits per heavy atom. The number of aromatic nitrogens is 2. The number of halogens is 2. The minimum Gasteiger partial charge on any atom is -0.480 e. The van der Waals surface area contributed by atoms with Gasteiger partial charge in [-0.15, -0.1) is 4.99 Å². The van der Waals surface area contributed by atoms with Crippen LogP contribution in [0.25, 0.3) is 10.9 Å². The number of hydrogen-bond acceptors (Lipinski definition) is 7. The smallest absolute Gasteiger partial charge is 0.328 e. The van der Waals surface area contributed by atoms with Gasteiger partial charge in [0.1, 0.15) is 6.04 Å². The van der Waals surface area contributed by atoms with E-state index in [1.807, 2.05) is 6.07 Å². The first-order chi connectivity index (χ1) is 20.2. The summed E-state index contributed by atoms with van der Waals surface area (Å²) in [6.07, 6.45) is 3.58. The number of carbonyl (C=O) groups excluding carboxylic acids is 2. The van der Waals surface area contributed by atoms with Crippen LogP contribution in [0.2, 0.25) is 10.0 Å². The highest BCUT2D eigenvalue weighted by Gasteiger charge is 2.30. The van der Waals surface area contributed by atoms with Crippen LogP contribution in [0.3, 0.4) is 0 Å². The molecule has 1 fully saturated rings. The average molecular weight is 613 g/mol. The van der Waals surface area contributed by atoms with E-state index in [-0.39, 0.29) is 47.1 Å². The number of aliphatic hydroxyl groups excluding tert-OH is 1. The van der Waals surface area contributed by atoms with Crippen molar-refractivity contribution in [1.82, 2.24) is 30.6 Å². The van der Waals surface area contributed by atoms with Crippen molar-refractivity contribution in [1.29, 1.82) is 5.26 Å². The number of carboxylic acids is 1. The van der Waals surface area contributed by atoms with Crippen LogP contribution in [0.1, 0.15) is 38.3 Å². The van der Waals surface area contributed by atoms with Gasteiger partial charge in [0.05, 0.1) is 33.4 Å². The van der Waals surface area contributed by atoms with Gasteiger partial charge in [0.15, 0.2) is 0 Å². The molecule has 5 rings (SSSR count). The Labute approximate surface area is 249 Å². The molecular formula is C27H26Cl2N8O5. The van der Waals surface area contributed by atoms with Crippen molar-refractivity contribution in [2.24, 2.45) is 4.99 Å². The van der Waals surface area contributed by atoms with Crippen molar-refractivity contribution in [3.8, 4) is 6.19 Å². The quantitative estimate of drug-likeness (QED) is 0.157. The molecule has 2 aliphatic heterocycles. The summed E-state index contributed by atoms with van der Waals surface area (Å²) in [6, 6.07) is 5.44. The number of hydrogen-bond donors (Lipinski definition) is 5. The molecule has 0 radical (unpaired) electrons. The Morgan fingerprint density at radius 1 is 1.24 bits per heavy atom. The highest BCUT2D eigenvalue weighted by Crippen LogP contribution is 2.35. The number of guanidine groups is 1. The highest BCUT2D eigenvalue weighted by molar-refractivity contribution is 6.40. The molecule has 0 spiro atoms. The minimum absolute atomic E-state index is 0.0133. The third kappa shape index (κ3) is 5.96. The number of likely N-dealkylation sites (tertiary alicyclic amines) is 1. The zero-order valence-electron chi connectivity index (χ0n) is 22.1. The molecule has 1 saturated heterocycles. The molecule has 3 aromatic rings. The van der Waals surface area contributed by atoms with Gasteiger partial charge in [-0.2, -0.15) is 10.4 Å². The van der Waals surface area contributed by atoms with Crippen LogP contribution >= 0.6 is 23.2 Å². The third-order valence-electron chi connectivity index (χ3n) is 7.29. The van der Waals surface area contributed by atoms with Crippen molar-refractivity contribution in [3.63, 3.8) is 0 Å². The highest BCUT2D eigenvalue weighted by atomic mass is 35.5. The fourth-order valence-corrected chi connectivity index (χ4v) is 5.88. The lowest BCUT2D eigenvalue weighted by Crippen LogP contribution is -2.51. The van der Waals surface area contributed by atoms with Gasteiger partial charge in [-0.3, -0.25) is 14.7 Å². The third-order valence-corrected chi connectivity index (χ3v) is 8.01. The van der Waals surface area contributed by atoms with Gasteiger partial charge in [0, 0.05) is 43.7 Å². The summed E-state index contributed by atoms with van der Waals surface area (Å²) in [7, 11) is 0. The predicted octanol–water partition coefficient (Wildman–Crippen LogP) is 1.74. The first kappa shape index (κ1) is 29.1. The van der Waals surface area contributed by atoms with E-state index in [1.54, 1.807) is 40.4 Å². The second-order valence-corrected chi connectivity index (χ2v) is 10.8. The molecule has 218 valence electrons. The molecule has 2 aliphatic rings. The molecule has 0 saturated carbocycles. The summed E-state index contributed by atoms with van der Waals surface area (Å²) in [6.45, 7) is 0.950. The number of carbonyl (C=O) groups is 3. The number of aliphatic carboxylic acids is 1. The predicted molar refractivity (Wildman–Crippen MR) is 153 cm³/mol. The number of H-pyrrole nitrogens is 1. The number of amides is 2. The molecule has 1 aromatic heterocycles. The van der Waals surface area contributed by atoms with Crippen molar-refractivity contribution < 1.29 is 24.6 Å². The second kappa shape index (κ2) is 12.2. The SMILES string of the molecule is N#C/N=C(\NC[C@H](NC(=O)c1c(Cl)cc2c(c1Cl)CCN(C(=O)c1ccc3cn[nH]c3c1)C2)C(=O)O)N1CC[C@@H](O)C1. The van der Waals surface area contributed by atoms with Gasteiger partial charge in [-0.25, -0.2) is 4.79 Å². The summed E-state index contributed by atoms with van der Waals surface area (Å²) < 4.78 is 0. The Morgan fingerprint density at radius 3 is 2.76 bits per heavy atom. The van der Waals surface area contributed by atoms with Gasteiger partial charge in [0.25, 0.3) is 11.8 Å². The topological polar surface area (TPSA) is 187 Å². The monoisotopic (exact) mass is 612 g/mol. The fraction of sp³-hybridized carbons (Fsp3) is 0.333. The van der Waals surface area contributed by atoms with Crippen LogP contribution < -0.4 is 10.6 Å². The van der Waals surface area contributed by atoms with Gasteiger partial charge in [-0.05, 0) is 42.2 Å². The number of nitriles is 1. The lowest BCUT2D eigenvalue weighted by atomic mass is 9.96. The number of fused-ring (bicyclic) bond motifs is 2. The van der Waals surface area contributed by atoms with Gasteiger partial charge in [0.2, 0.25) is 12.2 Å². The Balaban J connectivity index is 1.29. The zero-order valence-corrected chi connectivity index (χ0v) is 23.6. The summed E-state index contributed by atoms with van der Waals surface area (Å²) in [5, 5.41) is 41.6. The van der Waals surface area contributed by atoms with Crippen molar-refractivity contribution in [2.45, 2.75) is 31.5 Å². The first-order valence-electron chi connectivity index (χ1n) is 13.1. The molecule has 13 nitrogen and oxygen atoms in total. The molecule has 2 atom stereocenters. The summed E-state index contributed by atoms with van der Waals surface area (Å²) >= 11 is 13.1. The van der Waals surface area contributed by atoms with E-state index in [0.717, 1.165) is 10.9 Å². The molecular weight excluding hydrogens is 587 g/mol. The molecule has 2 amide bonds. The van der Waals surface area contributed by atoms with Crippen LogP contribution in [-0.4, -0.2) is 92.3 Å². The van der Waals surface area contributed by atoms with E-state index in [1.165, 1.54) is 0 Å². The van der Waals surface area contributed by atoms with Crippen LogP contribution in [-0.2, 0) is 17.8 Å². The first-order valence-corrected chi connectivity index (χ1v) is 13.8. The van der Waals surface area contributed by atoms with Crippen molar-refractivity contribution in [2.75, 3.05) is 26.2 Å². The maximum Gasteiger partial charge on any atom is 0.328 e. The summed E-state index contributed by atoms with van der Waals surface area (Å²) in [4.78, 5) is 45.4. The number of rotatable bonds is 6. The second-order valence-electron chi connectivity index (χ2n) is 10.0. The number of nitrogens with one attached hydrogen (secondary N) is 3. The number of aliphatic hydroxyl groups is 1. The number of carboxylic acid groups (broad SMARTS) is 1. The fourth-order valence-electron chi connectivity index (χ4n) is 5.11.